The zero-order valence-electron chi connectivity index (χ0n) is 16.6. The highest BCUT2D eigenvalue weighted by Gasteiger charge is 2.32. The molecule has 2 aromatic rings. The van der Waals surface area contributed by atoms with Gasteiger partial charge in [-0.05, 0) is 50.8 Å². The Morgan fingerprint density at radius 1 is 1.21 bits per heavy atom. The third kappa shape index (κ3) is 3.59. The van der Waals surface area contributed by atoms with Crippen molar-refractivity contribution < 1.29 is 14.3 Å². The highest BCUT2D eigenvalue weighted by Crippen LogP contribution is 2.27. The summed E-state index contributed by atoms with van der Waals surface area (Å²) in [6.07, 6.45) is 5.26. The van der Waals surface area contributed by atoms with Gasteiger partial charge in [0.2, 0.25) is 0 Å². The van der Waals surface area contributed by atoms with Gasteiger partial charge in [0, 0.05) is 30.8 Å². The first-order valence-electron chi connectivity index (χ1n) is 9.68. The molecule has 4 rings (SSSR count). The van der Waals surface area contributed by atoms with E-state index in [0.29, 0.717) is 18.5 Å². The lowest BCUT2D eigenvalue weighted by Crippen LogP contribution is -2.44. The average Bonchev–Trinajstić information content (AvgIpc) is 3.02. The van der Waals surface area contributed by atoms with Gasteiger partial charge in [-0.15, -0.1) is 0 Å². The molecule has 0 unspecified atom stereocenters. The highest BCUT2D eigenvalue weighted by molar-refractivity contribution is 6.05. The minimum Gasteiger partial charge on any atom is -0.443 e. The van der Waals surface area contributed by atoms with E-state index < -0.39 is 11.7 Å². The minimum absolute atomic E-state index is 0.279. The quantitative estimate of drug-likeness (QED) is 0.604. The molecule has 0 atom stereocenters. The molecular formula is C22H25N3O3. The monoisotopic (exact) mass is 379 g/mol. The lowest BCUT2D eigenvalue weighted by molar-refractivity contribution is -0.127. The van der Waals surface area contributed by atoms with Crippen LogP contribution in [0.2, 0.25) is 0 Å². The molecule has 6 heteroatoms. The van der Waals surface area contributed by atoms with E-state index in [0.717, 1.165) is 30.8 Å². The van der Waals surface area contributed by atoms with E-state index >= 15 is 0 Å². The number of benzene rings is 1. The number of piperidine rings is 1. The number of ether oxygens (including phenoxy) is 1. The lowest BCUT2D eigenvalue weighted by Gasteiger charge is -2.29. The number of carbonyl (C=O) groups is 2. The van der Waals surface area contributed by atoms with Crippen LogP contribution < -0.4 is 0 Å². The molecular weight excluding hydrogens is 354 g/mol. The Hall–Kier alpha value is -2.89. The predicted octanol–water partition coefficient (Wildman–Crippen LogP) is 3.78. The van der Waals surface area contributed by atoms with Gasteiger partial charge in [-0.2, -0.15) is 0 Å². The minimum atomic E-state index is -0.630. The zero-order valence-corrected chi connectivity index (χ0v) is 16.6. The Labute approximate surface area is 164 Å². The lowest BCUT2D eigenvalue weighted by atomic mass is 9.97. The van der Waals surface area contributed by atoms with E-state index in [1.165, 1.54) is 16.0 Å². The molecule has 3 heterocycles. The largest absolute Gasteiger partial charge is 0.443 e. The van der Waals surface area contributed by atoms with Crippen LogP contribution in [-0.4, -0.2) is 38.6 Å². The second-order valence-corrected chi connectivity index (χ2v) is 8.36. The first-order valence-corrected chi connectivity index (χ1v) is 9.68. The van der Waals surface area contributed by atoms with Crippen LogP contribution in [0.1, 0.15) is 56.1 Å². The maximum Gasteiger partial charge on any atom is 0.417 e. The van der Waals surface area contributed by atoms with Crippen molar-refractivity contribution in [1.82, 2.24) is 14.5 Å². The first-order chi connectivity index (χ1) is 13.3. The molecule has 146 valence electrons. The molecule has 0 aliphatic carbocycles. The molecule has 28 heavy (non-hydrogen) atoms. The van der Waals surface area contributed by atoms with E-state index in [1.54, 1.807) is 20.8 Å². The fraction of sp³-hybridized carbons (Fsp3) is 0.409. The normalized spacial score (nSPS) is 18.0. The van der Waals surface area contributed by atoms with Crippen LogP contribution in [0.3, 0.4) is 0 Å². The molecule has 0 spiro atoms. The van der Waals surface area contributed by atoms with E-state index in [4.69, 9.17) is 4.74 Å². The molecule has 1 fully saturated rings. The Bertz CT molecular complexity index is 966. The van der Waals surface area contributed by atoms with Crippen LogP contribution in [-0.2, 0) is 22.5 Å². The van der Waals surface area contributed by atoms with Gasteiger partial charge < -0.3 is 9.30 Å². The molecule has 6 nitrogen and oxygen atoms in total. The average molecular weight is 379 g/mol. The van der Waals surface area contributed by atoms with Gasteiger partial charge in [0.15, 0.2) is 0 Å². The van der Waals surface area contributed by atoms with Gasteiger partial charge in [-0.1, -0.05) is 24.3 Å². The smallest absolute Gasteiger partial charge is 0.417 e. The van der Waals surface area contributed by atoms with Gasteiger partial charge in [-0.25, -0.2) is 14.7 Å². The summed E-state index contributed by atoms with van der Waals surface area (Å²) in [5.74, 6) is -0.279. The van der Waals surface area contributed by atoms with E-state index in [2.05, 4.69) is 27.8 Å². The summed E-state index contributed by atoms with van der Waals surface area (Å²) in [6.45, 7) is 6.57. The van der Waals surface area contributed by atoms with Gasteiger partial charge in [-0.3, -0.25) is 4.79 Å². The number of nitrogens with zero attached hydrogens (tertiary/aromatic N) is 3. The summed E-state index contributed by atoms with van der Waals surface area (Å²) in [5.41, 5.74) is 4.49. The Morgan fingerprint density at radius 3 is 2.71 bits per heavy atom. The van der Waals surface area contributed by atoms with Gasteiger partial charge in [0.1, 0.15) is 5.60 Å². The van der Waals surface area contributed by atoms with Crippen molar-refractivity contribution in [3.8, 4) is 0 Å². The van der Waals surface area contributed by atoms with Crippen molar-refractivity contribution in [2.45, 2.75) is 52.2 Å². The van der Waals surface area contributed by atoms with Crippen molar-refractivity contribution in [2.24, 2.45) is 0 Å². The van der Waals surface area contributed by atoms with Crippen LogP contribution >= 0.6 is 0 Å². The maximum absolute atomic E-state index is 12.9. The van der Waals surface area contributed by atoms with Crippen molar-refractivity contribution in [2.75, 3.05) is 6.54 Å². The number of rotatable bonds is 1. The number of imidazole rings is 1. The second kappa shape index (κ2) is 6.93. The van der Waals surface area contributed by atoms with E-state index in [9.17, 15) is 9.59 Å². The topological polar surface area (TPSA) is 64.4 Å². The number of amides is 2. The summed E-state index contributed by atoms with van der Waals surface area (Å²) < 4.78 is 7.51. The van der Waals surface area contributed by atoms with Gasteiger partial charge in [0.05, 0.1) is 12.0 Å². The number of aromatic nitrogens is 2. The van der Waals surface area contributed by atoms with Crippen LogP contribution in [0, 0.1) is 0 Å². The molecule has 2 amide bonds. The highest BCUT2D eigenvalue weighted by atomic mass is 16.6. The summed E-state index contributed by atoms with van der Waals surface area (Å²) in [7, 11) is 0. The van der Waals surface area contributed by atoms with E-state index in [1.807, 2.05) is 18.5 Å². The molecule has 0 saturated carbocycles. The second-order valence-electron chi connectivity index (χ2n) is 8.36. The van der Waals surface area contributed by atoms with E-state index in [-0.39, 0.29) is 5.91 Å². The number of carbonyl (C=O) groups excluding carboxylic acids is 2. The molecule has 0 radical (unpaired) electrons. The number of hydrogen-bond acceptors (Lipinski definition) is 4. The fourth-order valence-electron chi connectivity index (χ4n) is 3.72. The van der Waals surface area contributed by atoms with Crippen molar-refractivity contribution in [3.05, 3.63) is 58.7 Å². The summed E-state index contributed by atoms with van der Waals surface area (Å²) in [5, 5.41) is 0. The fourth-order valence-corrected chi connectivity index (χ4v) is 3.72. The Balaban J connectivity index is 1.58. The summed E-state index contributed by atoms with van der Waals surface area (Å²) in [4.78, 5) is 31.0. The van der Waals surface area contributed by atoms with Gasteiger partial charge >= 0.3 is 6.09 Å². The Kier molecular flexibility index (Phi) is 4.57. The van der Waals surface area contributed by atoms with Gasteiger partial charge in [0.25, 0.3) is 5.91 Å². The molecule has 2 aliphatic rings. The van der Waals surface area contributed by atoms with Crippen molar-refractivity contribution in [3.63, 3.8) is 0 Å². The first kappa shape index (κ1) is 18.5. The number of hydrogen-bond donors (Lipinski definition) is 0. The third-order valence-corrected chi connectivity index (χ3v) is 5.07. The SMILES string of the molecule is CC(C)(C)OC(=O)N1CCC/C(=C\c2ncn3c2Cc2ccccc2C3)C1=O. The van der Waals surface area contributed by atoms with Crippen LogP contribution in [0.25, 0.3) is 6.08 Å². The van der Waals surface area contributed by atoms with Crippen LogP contribution in [0.5, 0.6) is 0 Å². The van der Waals surface area contributed by atoms with Crippen molar-refractivity contribution >= 4 is 18.1 Å². The molecule has 2 aliphatic heterocycles. The zero-order chi connectivity index (χ0) is 19.9. The molecule has 1 aromatic carbocycles. The summed E-state index contributed by atoms with van der Waals surface area (Å²) in [6, 6.07) is 8.38. The molecule has 0 bridgehead atoms. The molecule has 1 saturated heterocycles. The third-order valence-electron chi connectivity index (χ3n) is 5.07. The van der Waals surface area contributed by atoms with Crippen molar-refractivity contribution in [1.29, 1.82) is 0 Å². The molecule has 0 N–H and O–H groups in total. The number of likely N-dealkylation sites (tertiary alicyclic amines) is 1. The molecule has 1 aromatic heterocycles. The maximum atomic E-state index is 12.9. The standard InChI is InChI=1S/C22H25N3O3/c1-22(2,3)28-21(27)25-10-6-9-16(20(25)26)11-18-19-12-15-7-4-5-8-17(15)13-24(19)14-23-18/h4-5,7-8,11,14H,6,9-10,12-13H2,1-3H3/b16-11+. The number of imide groups is 1. The predicted molar refractivity (Wildman–Crippen MR) is 106 cm³/mol. The van der Waals surface area contributed by atoms with Crippen LogP contribution in [0.15, 0.2) is 36.2 Å². The Morgan fingerprint density at radius 2 is 1.96 bits per heavy atom. The summed E-state index contributed by atoms with van der Waals surface area (Å²) >= 11 is 0. The number of fused-ring (bicyclic) bond motifs is 2. The van der Waals surface area contributed by atoms with Crippen LogP contribution in [0.4, 0.5) is 4.79 Å².